The van der Waals surface area contributed by atoms with Crippen molar-refractivity contribution < 1.29 is 59.1 Å². The monoisotopic (exact) mass is 708 g/mol. The van der Waals surface area contributed by atoms with Crippen LogP contribution in [0, 0.1) is 0 Å². The molecule has 0 bridgehead atoms. The zero-order valence-corrected chi connectivity index (χ0v) is 28.7. The lowest BCUT2D eigenvalue weighted by Crippen LogP contribution is -2.04. The van der Waals surface area contributed by atoms with Gasteiger partial charge in [0.15, 0.2) is 0 Å². The van der Waals surface area contributed by atoms with Crippen LogP contribution < -0.4 is 28.4 Å². The average Bonchev–Trinajstić information content (AvgIpc) is 3.06. The number of benzene rings is 4. The second-order valence-electron chi connectivity index (χ2n) is 12.0. The molecular weight excluding hydrogens is 660 g/mol. The maximum absolute atomic E-state index is 9.59. The number of phenols is 6. The minimum atomic E-state index is -0.0509. The highest BCUT2D eigenvalue weighted by Crippen LogP contribution is 2.30. The first-order valence-corrected chi connectivity index (χ1v) is 17.2. The molecule has 0 saturated heterocycles. The number of rotatable bonds is 24. The smallest absolute Gasteiger partial charge is 0.126 e. The molecule has 0 aliphatic carbocycles. The molecule has 0 unspecified atom stereocenters. The van der Waals surface area contributed by atoms with Crippen LogP contribution in [0.4, 0.5) is 0 Å². The molecule has 0 saturated carbocycles. The summed E-state index contributed by atoms with van der Waals surface area (Å²) in [5, 5.41) is 57.5. The van der Waals surface area contributed by atoms with E-state index in [1.807, 2.05) is 18.2 Å². The molecule has 0 aliphatic rings. The highest BCUT2D eigenvalue weighted by atomic mass is 16.5. The van der Waals surface area contributed by atoms with E-state index >= 15 is 0 Å². The van der Waals surface area contributed by atoms with Gasteiger partial charge >= 0.3 is 0 Å². The van der Waals surface area contributed by atoms with E-state index in [-0.39, 0.29) is 34.5 Å². The van der Waals surface area contributed by atoms with E-state index in [9.17, 15) is 30.6 Å². The van der Waals surface area contributed by atoms with E-state index in [0.29, 0.717) is 74.1 Å². The van der Waals surface area contributed by atoms with Crippen molar-refractivity contribution in [3.05, 3.63) is 72.8 Å². The van der Waals surface area contributed by atoms with Gasteiger partial charge in [-0.3, -0.25) is 0 Å². The summed E-state index contributed by atoms with van der Waals surface area (Å²) in [5.74, 6) is 2.86. The second-order valence-corrected chi connectivity index (χ2v) is 12.0. The van der Waals surface area contributed by atoms with E-state index in [2.05, 4.69) is 0 Å². The zero-order chi connectivity index (χ0) is 36.3. The minimum absolute atomic E-state index is 0.0509. The lowest BCUT2D eigenvalue weighted by molar-refractivity contribution is 0.262. The van der Waals surface area contributed by atoms with Gasteiger partial charge in [0.1, 0.15) is 69.0 Å². The number of hydrogen-bond donors (Lipinski definition) is 6. The Balaban J connectivity index is 1.17. The molecular formula is C39H48O12. The van der Waals surface area contributed by atoms with Crippen LogP contribution in [-0.4, -0.2) is 70.3 Å². The Morgan fingerprint density at radius 1 is 0.235 bits per heavy atom. The third-order valence-corrected chi connectivity index (χ3v) is 7.46. The lowest BCUT2D eigenvalue weighted by atomic mass is 10.2. The van der Waals surface area contributed by atoms with Gasteiger partial charge in [0, 0.05) is 72.8 Å². The fourth-order valence-electron chi connectivity index (χ4n) is 5.03. The van der Waals surface area contributed by atoms with Crippen LogP contribution in [0.1, 0.15) is 57.8 Å². The summed E-state index contributed by atoms with van der Waals surface area (Å²) in [4.78, 5) is 0. The van der Waals surface area contributed by atoms with Crippen molar-refractivity contribution in [1.29, 1.82) is 0 Å². The van der Waals surface area contributed by atoms with Crippen LogP contribution in [0.3, 0.4) is 0 Å². The zero-order valence-electron chi connectivity index (χ0n) is 28.7. The molecule has 12 heteroatoms. The van der Waals surface area contributed by atoms with Crippen LogP contribution in [0.15, 0.2) is 72.8 Å². The largest absolute Gasteiger partial charge is 0.508 e. The normalized spacial score (nSPS) is 10.8. The predicted octanol–water partition coefficient (Wildman–Crippen LogP) is 7.80. The van der Waals surface area contributed by atoms with Crippen molar-refractivity contribution in [3.63, 3.8) is 0 Å². The third-order valence-electron chi connectivity index (χ3n) is 7.46. The SMILES string of the molecule is Oc1cc(O)cc(OCCCCCOc2cc(OCCCCCOc3cc(O)cc(O)c3)cc(OCCCCCOc3cc(O)cc(O)c3)c2)c1. The van der Waals surface area contributed by atoms with Gasteiger partial charge in [-0.05, 0) is 57.8 Å². The predicted molar refractivity (Wildman–Crippen MR) is 190 cm³/mol. The van der Waals surface area contributed by atoms with E-state index in [1.54, 1.807) is 0 Å². The molecule has 4 rings (SSSR count). The Kier molecular flexibility index (Phi) is 15.7. The first-order valence-electron chi connectivity index (χ1n) is 17.2. The van der Waals surface area contributed by atoms with Crippen molar-refractivity contribution >= 4 is 0 Å². The maximum atomic E-state index is 9.59. The van der Waals surface area contributed by atoms with E-state index < -0.39 is 0 Å². The Hall–Kier alpha value is -5.52. The fraction of sp³-hybridized carbons (Fsp3) is 0.385. The Morgan fingerprint density at radius 2 is 0.412 bits per heavy atom. The summed E-state index contributed by atoms with van der Waals surface area (Å²) in [6.07, 6.45) is 7.30. The molecule has 0 heterocycles. The van der Waals surface area contributed by atoms with Crippen LogP contribution in [0.5, 0.6) is 69.0 Å². The van der Waals surface area contributed by atoms with Crippen LogP contribution in [0.2, 0.25) is 0 Å². The topological polar surface area (TPSA) is 177 Å². The summed E-state index contributed by atoms with van der Waals surface area (Å²) in [5.41, 5.74) is 0. The number of aromatic hydroxyl groups is 6. The highest BCUT2D eigenvalue weighted by Gasteiger charge is 2.07. The molecule has 0 amide bonds. The highest BCUT2D eigenvalue weighted by molar-refractivity contribution is 5.43. The molecule has 0 aromatic heterocycles. The molecule has 4 aromatic rings. The van der Waals surface area contributed by atoms with Gasteiger partial charge in [0.05, 0.1) is 39.6 Å². The van der Waals surface area contributed by atoms with E-state index in [0.717, 1.165) is 57.8 Å². The van der Waals surface area contributed by atoms with Gasteiger partial charge in [0.25, 0.3) is 0 Å². The molecule has 51 heavy (non-hydrogen) atoms. The first-order chi connectivity index (χ1) is 24.7. The molecule has 0 aliphatic heterocycles. The molecule has 276 valence electrons. The first kappa shape index (κ1) is 38.3. The molecule has 4 aromatic carbocycles. The lowest BCUT2D eigenvalue weighted by Gasteiger charge is -2.14. The molecule has 0 fully saturated rings. The van der Waals surface area contributed by atoms with Gasteiger partial charge in [-0.15, -0.1) is 0 Å². The van der Waals surface area contributed by atoms with Crippen molar-refractivity contribution in [3.8, 4) is 69.0 Å². The quantitative estimate of drug-likeness (QED) is 0.0390. The Morgan fingerprint density at radius 3 is 0.608 bits per heavy atom. The standard InChI is InChI=1S/C39H48O12/c40-28-16-29(41)20-34(19-28)46-10-4-1-7-13-49-37-25-38(50-14-8-2-5-11-47-35-21-30(42)17-31(43)22-35)27-39(26-37)51-15-9-3-6-12-48-36-23-32(44)18-33(45)24-36/h16-27,40-45H,1-15H2. The fourth-order valence-corrected chi connectivity index (χ4v) is 5.03. The summed E-state index contributed by atoms with van der Waals surface area (Å²) in [7, 11) is 0. The Bertz CT molecular complexity index is 1360. The second kappa shape index (κ2) is 20.9. The number of phenolic OH excluding ortho intramolecular Hbond substituents is 6. The number of unbranched alkanes of at least 4 members (excludes halogenated alkanes) is 6. The van der Waals surface area contributed by atoms with Crippen molar-refractivity contribution in [2.75, 3.05) is 39.6 Å². The van der Waals surface area contributed by atoms with Crippen LogP contribution in [-0.2, 0) is 0 Å². The Labute approximate surface area is 298 Å². The van der Waals surface area contributed by atoms with Gasteiger partial charge in [-0.25, -0.2) is 0 Å². The number of ether oxygens (including phenoxy) is 6. The summed E-state index contributed by atoms with van der Waals surface area (Å²) < 4.78 is 35.0. The van der Waals surface area contributed by atoms with Crippen molar-refractivity contribution in [2.45, 2.75) is 57.8 Å². The van der Waals surface area contributed by atoms with E-state index in [4.69, 9.17) is 28.4 Å². The van der Waals surface area contributed by atoms with Gasteiger partial charge in [0.2, 0.25) is 0 Å². The molecule has 0 radical (unpaired) electrons. The number of hydrogen-bond acceptors (Lipinski definition) is 12. The minimum Gasteiger partial charge on any atom is -0.508 e. The van der Waals surface area contributed by atoms with Crippen molar-refractivity contribution in [2.24, 2.45) is 0 Å². The molecule has 0 spiro atoms. The summed E-state index contributed by atoms with van der Waals surface area (Å²) in [6.45, 7) is 2.81. The summed E-state index contributed by atoms with van der Waals surface area (Å²) in [6, 6.07) is 18.0. The molecule has 0 atom stereocenters. The van der Waals surface area contributed by atoms with Crippen molar-refractivity contribution in [1.82, 2.24) is 0 Å². The summed E-state index contributed by atoms with van der Waals surface area (Å²) >= 11 is 0. The van der Waals surface area contributed by atoms with Crippen LogP contribution in [0.25, 0.3) is 0 Å². The third kappa shape index (κ3) is 15.3. The molecule has 6 N–H and O–H groups in total. The average molecular weight is 709 g/mol. The van der Waals surface area contributed by atoms with E-state index in [1.165, 1.54) is 54.6 Å². The van der Waals surface area contributed by atoms with Crippen LogP contribution >= 0.6 is 0 Å². The van der Waals surface area contributed by atoms with Gasteiger partial charge in [-0.1, -0.05) is 0 Å². The van der Waals surface area contributed by atoms with Gasteiger partial charge < -0.3 is 59.1 Å². The maximum Gasteiger partial charge on any atom is 0.126 e. The van der Waals surface area contributed by atoms with Gasteiger partial charge in [-0.2, -0.15) is 0 Å². The molecule has 12 nitrogen and oxygen atoms in total.